The van der Waals surface area contributed by atoms with E-state index in [2.05, 4.69) is 9.97 Å². The van der Waals surface area contributed by atoms with Crippen molar-refractivity contribution in [2.75, 3.05) is 11.9 Å². The smallest absolute Gasteiger partial charge is 0.155 e. The number of aromatic nitrogens is 2. The Labute approximate surface area is 105 Å². The van der Waals surface area contributed by atoms with E-state index in [4.69, 9.17) is 17.3 Å². The third-order valence-corrected chi connectivity index (χ3v) is 2.81. The van der Waals surface area contributed by atoms with Crippen LogP contribution in [0.4, 0.5) is 11.5 Å². The summed E-state index contributed by atoms with van der Waals surface area (Å²) in [5.41, 5.74) is 7.75. The van der Waals surface area contributed by atoms with Crippen molar-refractivity contribution >= 4 is 23.1 Å². The predicted molar refractivity (Wildman–Crippen MR) is 69.4 cm³/mol. The highest BCUT2D eigenvalue weighted by molar-refractivity contribution is 6.32. The lowest BCUT2D eigenvalue weighted by molar-refractivity contribution is 1.02. The molecule has 0 saturated heterocycles. The van der Waals surface area contributed by atoms with Crippen molar-refractivity contribution in [3.8, 4) is 0 Å². The Balaban J connectivity index is 2.44. The molecule has 1 aromatic carbocycles. The number of halogens is 1. The van der Waals surface area contributed by atoms with E-state index < -0.39 is 0 Å². The Kier molecular flexibility index (Phi) is 3.56. The molecule has 0 amide bonds. The van der Waals surface area contributed by atoms with Gasteiger partial charge in [-0.15, -0.1) is 0 Å². The van der Waals surface area contributed by atoms with Crippen LogP contribution in [-0.4, -0.2) is 17.0 Å². The number of benzene rings is 1. The van der Waals surface area contributed by atoms with Gasteiger partial charge in [-0.1, -0.05) is 29.8 Å². The third-order valence-electron chi connectivity index (χ3n) is 2.54. The highest BCUT2D eigenvalue weighted by Gasteiger charge is 2.12. The average molecular weight is 249 g/mol. The number of hydrogen-bond acceptors (Lipinski definition) is 4. The van der Waals surface area contributed by atoms with Gasteiger partial charge >= 0.3 is 0 Å². The maximum atomic E-state index is 6.07. The van der Waals surface area contributed by atoms with E-state index in [9.17, 15) is 0 Å². The summed E-state index contributed by atoms with van der Waals surface area (Å²) in [5, 5.41) is 0.516. The highest BCUT2D eigenvalue weighted by Crippen LogP contribution is 2.29. The molecule has 2 rings (SSSR count). The van der Waals surface area contributed by atoms with Gasteiger partial charge in [0.15, 0.2) is 5.82 Å². The molecule has 0 radical (unpaired) electrons. The first kappa shape index (κ1) is 11.8. The van der Waals surface area contributed by atoms with E-state index in [1.54, 1.807) is 6.20 Å². The molecule has 0 aliphatic rings. The lowest BCUT2D eigenvalue weighted by Crippen LogP contribution is -2.15. The summed E-state index contributed by atoms with van der Waals surface area (Å²) in [5.74, 6) is 0.669. The molecule has 5 heteroatoms. The van der Waals surface area contributed by atoms with Gasteiger partial charge in [-0.05, 0) is 11.6 Å². The summed E-state index contributed by atoms with van der Waals surface area (Å²) >= 11 is 6.07. The maximum Gasteiger partial charge on any atom is 0.155 e. The molecule has 17 heavy (non-hydrogen) atoms. The minimum Gasteiger partial charge on any atom is -0.328 e. The van der Waals surface area contributed by atoms with E-state index in [0.29, 0.717) is 17.4 Å². The molecule has 0 bridgehead atoms. The molecular weight excluding hydrogens is 236 g/mol. The normalized spacial score (nSPS) is 10.3. The molecular formula is C12H13ClN4. The van der Waals surface area contributed by atoms with Gasteiger partial charge in [-0.3, -0.25) is 0 Å². The van der Waals surface area contributed by atoms with E-state index in [-0.39, 0.29) is 0 Å². The summed E-state index contributed by atoms with van der Waals surface area (Å²) in [7, 11) is 1.91. The van der Waals surface area contributed by atoms with Crippen molar-refractivity contribution in [3.63, 3.8) is 0 Å². The molecule has 0 spiro atoms. The second-order valence-electron chi connectivity index (χ2n) is 3.59. The van der Waals surface area contributed by atoms with Crippen LogP contribution in [0.2, 0.25) is 5.02 Å². The maximum absolute atomic E-state index is 6.07. The molecule has 0 aliphatic heterocycles. The number of rotatable bonds is 3. The van der Waals surface area contributed by atoms with Crippen LogP contribution in [0.15, 0.2) is 36.8 Å². The fraction of sp³-hybridized carbons (Fsp3) is 0.167. The Morgan fingerprint density at radius 3 is 2.82 bits per heavy atom. The van der Waals surface area contributed by atoms with Gasteiger partial charge in [0, 0.05) is 19.3 Å². The standard InChI is InChI=1S/C12H13ClN4/c1-17(12-10(13)7-15-8-16-12)11-5-3-2-4-9(11)6-14/h2-5,7-8H,6,14H2,1H3. The Morgan fingerprint density at radius 2 is 2.12 bits per heavy atom. The zero-order valence-corrected chi connectivity index (χ0v) is 10.2. The van der Waals surface area contributed by atoms with Gasteiger partial charge in [0.25, 0.3) is 0 Å². The number of nitrogens with two attached hydrogens (primary N) is 1. The Bertz CT molecular complexity index is 515. The van der Waals surface area contributed by atoms with Gasteiger partial charge in [0.05, 0.1) is 6.20 Å². The molecule has 4 nitrogen and oxygen atoms in total. The molecule has 0 fully saturated rings. The zero-order valence-electron chi connectivity index (χ0n) is 9.47. The lowest BCUT2D eigenvalue weighted by Gasteiger charge is -2.21. The van der Waals surface area contributed by atoms with Crippen LogP contribution in [0, 0.1) is 0 Å². The summed E-state index contributed by atoms with van der Waals surface area (Å²) in [6, 6.07) is 7.89. The van der Waals surface area contributed by atoms with E-state index >= 15 is 0 Å². The third kappa shape index (κ3) is 2.38. The van der Waals surface area contributed by atoms with E-state index in [1.807, 2.05) is 36.2 Å². The van der Waals surface area contributed by atoms with Crippen LogP contribution in [0.5, 0.6) is 0 Å². The van der Waals surface area contributed by atoms with Crippen LogP contribution in [0.3, 0.4) is 0 Å². The highest BCUT2D eigenvalue weighted by atomic mass is 35.5. The molecule has 0 aliphatic carbocycles. The second-order valence-corrected chi connectivity index (χ2v) is 3.99. The average Bonchev–Trinajstić information content (AvgIpc) is 2.38. The van der Waals surface area contributed by atoms with Crippen molar-refractivity contribution in [3.05, 3.63) is 47.4 Å². The van der Waals surface area contributed by atoms with Gasteiger partial charge in [0.2, 0.25) is 0 Å². The van der Waals surface area contributed by atoms with Crippen LogP contribution in [-0.2, 0) is 6.54 Å². The lowest BCUT2D eigenvalue weighted by atomic mass is 10.1. The minimum atomic E-state index is 0.475. The van der Waals surface area contributed by atoms with E-state index in [0.717, 1.165) is 11.3 Å². The van der Waals surface area contributed by atoms with Gasteiger partial charge in [0.1, 0.15) is 11.3 Å². The zero-order chi connectivity index (χ0) is 12.3. The van der Waals surface area contributed by atoms with Crippen LogP contribution in [0.25, 0.3) is 0 Å². The first-order valence-corrected chi connectivity index (χ1v) is 5.59. The van der Waals surface area contributed by atoms with Crippen LogP contribution < -0.4 is 10.6 Å². The summed E-state index contributed by atoms with van der Waals surface area (Å²) in [6.07, 6.45) is 3.05. The number of hydrogen-bond donors (Lipinski definition) is 1. The van der Waals surface area contributed by atoms with Gasteiger partial charge in [-0.25, -0.2) is 9.97 Å². The van der Waals surface area contributed by atoms with Crippen LogP contribution >= 0.6 is 11.6 Å². The molecule has 0 saturated carbocycles. The SMILES string of the molecule is CN(c1ccccc1CN)c1ncncc1Cl. The van der Waals surface area contributed by atoms with Crippen molar-refractivity contribution in [1.29, 1.82) is 0 Å². The second kappa shape index (κ2) is 5.12. The van der Waals surface area contributed by atoms with Gasteiger partial charge < -0.3 is 10.6 Å². The fourth-order valence-corrected chi connectivity index (χ4v) is 1.91. The summed E-state index contributed by atoms with van der Waals surface area (Å²) in [4.78, 5) is 9.95. The van der Waals surface area contributed by atoms with Crippen molar-refractivity contribution in [1.82, 2.24) is 9.97 Å². The Hall–Kier alpha value is -1.65. The topological polar surface area (TPSA) is 55.0 Å². The minimum absolute atomic E-state index is 0.475. The number of para-hydroxylation sites is 1. The van der Waals surface area contributed by atoms with Gasteiger partial charge in [-0.2, -0.15) is 0 Å². The molecule has 0 atom stereocenters. The van der Waals surface area contributed by atoms with E-state index in [1.165, 1.54) is 6.33 Å². The van der Waals surface area contributed by atoms with Crippen molar-refractivity contribution in [2.24, 2.45) is 5.73 Å². The molecule has 88 valence electrons. The first-order chi connectivity index (χ1) is 8.24. The molecule has 2 N–H and O–H groups in total. The quantitative estimate of drug-likeness (QED) is 0.906. The first-order valence-electron chi connectivity index (χ1n) is 5.21. The number of anilines is 2. The largest absolute Gasteiger partial charge is 0.328 e. The summed E-state index contributed by atoms with van der Waals surface area (Å²) in [6.45, 7) is 0.475. The monoisotopic (exact) mass is 248 g/mol. The molecule has 1 heterocycles. The molecule has 1 aromatic heterocycles. The van der Waals surface area contributed by atoms with Crippen molar-refractivity contribution in [2.45, 2.75) is 6.54 Å². The number of nitrogens with zero attached hydrogens (tertiary/aromatic N) is 3. The molecule has 2 aromatic rings. The summed E-state index contributed by atoms with van der Waals surface area (Å²) < 4.78 is 0. The Morgan fingerprint density at radius 1 is 1.35 bits per heavy atom. The molecule has 0 unspecified atom stereocenters. The predicted octanol–water partition coefficient (Wildman–Crippen LogP) is 2.36. The fourth-order valence-electron chi connectivity index (χ4n) is 1.68. The van der Waals surface area contributed by atoms with Crippen molar-refractivity contribution < 1.29 is 0 Å². The van der Waals surface area contributed by atoms with Crippen LogP contribution in [0.1, 0.15) is 5.56 Å².